The average molecular weight is 211 g/mol. The molecule has 0 aliphatic rings. The van der Waals surface area contributed by atoms with Gasteiger partial charge in [0.25, 0.3) is 0 Å². The second-order valence-corrected chi connectivity index (χ2v) is 3.81. The van der Waals surface area contributed by atoms with Gasteiger partial charge in [-0.1, -0.05) is 13.3 Å². The summed E-state index contributed by atoms with van der Waals surface area (Å²) in [6.45, 7) is 4.06. The maximum absolute atomic E-state index is 11.6. The van der Waals surface area contributed by atoms with Crippen LogP contribution in [0.4, 0.5) is 0 Å². The number of nitrogens with zero attached hydrogens (tertiary/aromatic N) is 3. The molecule has 4 heteroatoms. The highest BCUT2D eigenvalue weighted by Gasteiger charge is 2.10. The molecule has 1 amide bonds. The fourth-order valence-corrected chi connectivity index (χ4v) is 1.20. The van der Waals surface area contributed by atoms with Gasteiger partial charge in [-0.2, -0.15) is 5.26 Å². The molecule has 0 aromatic heterocycles. The molecule has 0 aliphatic carbocycles. The van der Waals surface area contributed by atoms with E-state index < -0.39 is 0 Å². The van der Waals surface area contributed by atoms with E-state index in [0.29, 0.717) is 19.5 Å². The summed E-state index contributed by atoms with van der Waals surface area (Å²) in [6, 6.07) is 2.03. The van der Waals surface area contributed by atoms with Crippen molar-refractivity contribution in [3.63, 3.8) is 0 Å². The molecule has 0 aliphatic heterocycles. The molecule has 0 fully saturated rings. The second kappa shape index (κ2) is 8.25. The lowest BCUT2D eigenvalue weighted by Crippen LogP contribution is -2.37. The van der Waals surface area contributed by atoms with Crippen molar-refractivity contribution in [3.8, 4) is 6.07 Å². The van der Waals surface area contributed by atoms with Gasteiger partial charge >= 0.3 is 0 Å². The highest BCUT2D eigenvalue weighted by Crippen LogP contribution is 1.94. The zero-order chi connectivity index (χ0) is 11.7. The largest absolute Gasteiger partial charge is 0.344 e. The number of unbranched alkanes of at least 4 members (excludes halogenated alkanes) is 1. The van der Waals surface area contributed by atoms with Crippen molar-refractivity contribution < 1.29 is 4.79 Å². The first-order chi connectivity index (χ1) is 7.11. The number of likely N-dealkylation sites (N-methyl/N-ethyl adjacent to an activating group) is 2. The van der Waals surface area contributed by atoms with Crippen LogP contribution >= 0.6 is 0 Å². The van der Waals surface area contributed by atoms with Crippen molar-refractivity contribution in [1.82, 2.24) is 9.80 Å². The summed E-state index contributed by atoms with van der Waals surface area (Å²) in [4.78, 5) is 15.2. The van der Waals surface area contributed by atoms with Crippen LogP contribution in [0.2, 0.25) is 0 Å². The van der Waals surface area contributed by atoms with E-state index >= 15 is 0 Å². The topological polar surface area (TPSA) is 47.3 Å². The van der Waals surface area contributed by atoms with Crippen LogP contribution in [0.3, 0.4) is 0 Å². The van der Waals surface area contributed by atoms with Crippen LogP contribution < -0.4 is 0 Å². The maximum Gasteiger partial charge on any atom is 0.236 e. The van der Waals surface area contributed by atoms with E-state index in [1.54, 1.807) is 11.9 Å². The van der Waals surface area contributed by atoms with Crippen molar-refractivity contribution in [2.45, 2.75) is 26.2 Å². The molecule has 0 saturated carbocycles. The maximum atomic E-state index is 11.6. The summed E-state index contributed by atoms with van der Waals surface area (Å²) in [5, 5.41) is 8.40. The second-order valence-electron chi connectivity index (χ2n) is 3.81. The van der Waals surface area contributed by atoms with Crippen LogP contribution in [-0.4, -0.2) is 49.4 Å². The summed E-state index contributed by atoms with van der Waals surface area (Å²) in [6.07, 6.45) is 2.66. The fourth-order valence-electron chi connectivity index (χ4n) is 1.20. The van der Waals surface area contributed by atoms with Gasteiger partial charge in [-0.25, -0.2) is 0 Å². The van der Waals surface area contributed by atoms with Crippen LogP contribution in [0.1, 0.15) is 26.2 Å². The van der Waals surface area contributed by atoms with Gasteiger partial charge < -0.3 is 4.90 Å². The molecule has 4 nitrogen and oxygen atoms in total. The molecule has 0 saturated heterocycles. The minimum atomic E-state index is 0.0869. The lowest BCUT2D eigenvalue weighted by molar-refractivity contribution is -0.130. The van der Waals surface area contributed by atoms with Crippen LogP contribution in [-0.2, 0) is 4.79 Å². The number of carbonyl (C=O) groups is 1. The standard InChI is InChI=1S/C11H21N3O/c1-4-5-8-13(2)10-11(15)14(3)9-6-7-12/h4-6,8-10H2,1-3H3. The number of hydrogen-bond donors (Lipinski definition) is 0. The first-order valence-corrected chi connectivity index (χ1v) is 5.41. The van der Waals surface area contributed by atoms with Gasteiger partial charge in [0.05, 0.1) is 19.0 Å². The zero-order valence-corrected chi connectivity index (χ0v) is 9.99. The number of carbonyl (C=O) groups excluding carboxylic acids is 1. The number of nitriles is 1. The lowest BCUT2D eigenvalue weighted by atomic mass is 10.3. The summed E-state index contributed by atoms with van der Waals surface area (Å²) >= 11 is 0. The Kier molecular flexibility index (Phi) is 7.65. The molecule has 0 spiro atoms. The molecule has 86 valence electrons. The Balaban J connectivity index is 3.76. The Morgan fingerprint density at radius 1 is 1.33 bits per heavy atom. The molecule has 0 radical (unpaired) electrons. The van der Waals surface area contributed by atoms with Gasteiger partial charge in [0.1, 0.15) is 0 Å². The van der Waals surface area contributed by atoms with Crippen molar-refractivity contribution in [2.24, 2.45) is 0 Å². The summed E-state index contributed by atoms with van der Waals surface area (Å²) in [5.41, 5.74) is 0. The van der Waals surface area contributed by atoms with Crippen molar-refractivity contribution in [3.05, 3.63) is 0 Å². The quantitative estimate of drug-likeness (QED) is 0.633. The van der Waals surface area contributed by atoms with Crippen LogP contribution in [0.25, 0.3) is 0 Å². The summed E-state index contributed by atoms with van der Waals surface area (Å²) in [7, 11) is 3.69. The van der Waals surface area contributed by atoms with Crippen molar-refractivity contribution >= 4 is 5.91 Å². The minimum Gasteiger partial charge on any atom is -0.344 e. The van der Waals surface area contributed by atoms with Crippen LogP contribution in [0, 0.1) is 11.3 Å². The molecule has 15 heavy (non-hydrogen) atoms. The monoisotopic (exact) mass is 211 g/mol. The van der Waals surface area contributed by atoms with Crippen molar-refractivity contribution in [2.75, 3.05) is 33.7 Å². The Bertz CT molecular complexity index is 222. The number of hydrogen-bond acceptors (Lipinski definition) is 3. The van der Waals surface area contributed by atoms with Gasteiger partial charge in [-0.05, 0) is 20.0 Å². The first-order valence-electron chi connectivity index (χ1n) is 5.41. The predicted octanol–water partition coefficient (Wildman–Crippen LogP) is 1.09. The first kappa shape index (κ1) is 13.9. The fraction of sp³-hybridized carbons (Fsp3) is 0.818. The molecular formula is C11H21N3O. The molecule has 0 unspecified atom stereocenters. The predicted molar refractivity (Wildman–Crippen MR) is 60.3 cm³/mol. The third-order valence-electron chi connectivity index (χ3n) is 2.28. The highest BCUT2D eigenvalue weighted by atomic mass is 16.2. The zero-order valence-electron chi connectivity index (χ0n) is 9.99. The molecule has 0 aromatic carbocycles. The van der Waals surface area contributed by atoms with E-state index in [-0.39, 0.29) is 5.91 Å². The molecule has 0 aromatic rings. The van der Waals surface area contributed by atoms with E-state index in [2.05, 4.69) is 6.92 Å². The Morgan fingerprint density at radius 2 is 2.00 bits per heavy atom. The molecular weight excluding hydrogens is 190 g/mol. The lowest BCUT2D eigenvalue weighted by Gasteiger charge is -2.20. The molecule has 0 bridgehead atoms. The third kappa shape index (κ3) is 6.92. The Morgan fingerprint density at radius 3 is 2.53 bits per heavy atom. The van der Waals surface area contributed by atoms with E-state index in [0.717, 1.165) is 19.4 Å². The molecule has 0 N–H and O–H groups in total. The van der Waals surface area contributed by atoms with Gasteiger partial charge in [0.2, 0.25) is 5.91 Å². The van der Waals surface area contributed by atoms with E-state index in [1.165, 1.54) is 0 Å². The SMILES string of the molecule is CCCCN(C)CC(=O)N(C)CCC#N. The Labute approximate surface area is 92.5 Å². The van der Waals surface area contributed by atoms with Crippen LogP contribution in [0.5, 0.6) is 0 Å². The number of rotatable bonds is 7. The van der Waals surface area contributed by atoms with E-state index in [9.17, 15) is 4.79 Å². The molecule has 0 rings (SSSR count). The number of amides is 1. The smallest absolute Gasteiger partial charge is 0.236 e. The molecule has 0 heterocycles. The third-order valence-corrected chi connectivity index (χ3v) is 2.28. The van der Waals surface area contributed by atoms with E-state index in [1.807, 2.05) is 18.0 Å². The van der Waals surface area contributed by atoms with Gasteiger partial charge in [-0.3, -0.25) is 9.69 Å². The summed E-state index contributed by atoms with van der Waals surface area (Å²) < 4.78 is 0. The summed E-state index contributed by atoms with van der Waals surface area (Å²) in [5.74, 6) is 0.0869. The van der Waals surface area contributed by atoms with Gasteiger partial charge in [0, 0.05) is 13.6 Å². The average Bonchev–Trinajstić information content (AvgIpc) is 2.22. The van der Waals surface area contributed by atoms with Gasteiger partial charge in [-0.15, -0.1) is 0 Å². The normalized spacial score (nSPS) is 10.1. The van der Waals surface area contributed by atoms with Crippen LogP contribution in [0.15, 0.2) is 0 Å². The minimum absolute atomic E-state index is 0.0869. The van der Waals surface area contributed by atoms with E-state index in [4.69, 9.17) is 5.26 Å². The molecule has 0 atom stereocenters. The Hall–Kier alpha value is -1.08. The van der Waals surface area contributed by atoms with Gasteiger partial charge in [0.15, 0.2) is 0 Å². The highest BCUT2D eigenvalue weighted by molar-refractivity contribution is 5.77. The van der Waals surface area contributed by atoms with Crippen molar-refractivity contribution in [1.29, 1.82) is 5.26 Å².